The lowest BCUT2D eigenvalue weighted by atomic mass is 10.0. The highest BCUT2D eigenvalue weighted by atomic mass is 35.5. The molecule has 4 N–H and O–H groups in total. The van der Waals surface area contributed by atoms with Crippen molar-refractivity contribution in [2.45, 2.75) is 51.4 Å². The SMILES string of the molecule is Cc1ccc(NC(=O)N(C)Cc2cccc3c2CN(C2CCC(O)NC2O)C3=O)cc1Cl. The Hall–Kier alpha value is -2.65. The average molecular weight is 459 g/mol. The molecule has 1 fully saturated rings. The van der Waals surface area contributed by atoms with E-state index < -0.39 is 18.5 Å². The van der Waals surface area contributed by atoms with Crippen LogP contribution in [0.15, 0.2) is 36.4 Å². The number of aryl methyl sites for hydroxylation is 1. The van der Waals surface area contributed by atoms with Gasteiger partial charge in [-0.3, -0.25) is 10.1 Å². The topological polar surface area (TPSA) is 105 Å². The van der Waals surface area contributed by atoms with Gasteiger partial charge in [-0.15, -0.1) is 0 Å². The number of aliphatic hydroxyl groups is 2. The lowest BCUT2D eigenvalue weighted by molar-refractivity contribution is -0.0477. The molecule has 0 bridgehead atoms. The fourth-order valence-electron chi connectivity index (χ4n) is 4.26. The van der Waals surface area contributed by atoms with E-state index in [0.717, 1.165) is 16.7 Å². The van der Waals surface area contributed by atoms with E-state index in [1.807, 2.05) is 19.1 Å². The molecule has 0 spiro atoms. The lowest BCUT2D eigenvalue weighted by Gasteiger charge is -2.37. The van der Waals surface area contributed by atoms with Crippen LogP contribution in [-0.2, 0) is 13.1 Å². The van der Waals surface area contributed by atoms with Crippen LogP contribution >= 0.6 is 11.6 Å². The first kappa shape index (κ1) is 22.5. The quantitative estimate of drug-likeness (QED) is 0.563. The summed E-state index contributed by atoms with van der Waals surface area (Å²) in [4.78, 5) is 28.9. The Morgan fingerprint density at radius 1 is 1.28 bits per heavy atom. The average Bonchev–Trinajstić information content (AvgIpc) is 3.08. The number of piperidine rings is 1. The molecule has 2 aliphatic heterocycles. The first-order chi connectivity index (χ1) is 15.2. The molecular formula is C23H27ClN4O4. The minimum absolute atomic E-state index is 0.148. The number of aliphatic hydroxyl groups excluding tert-OH is 2. The van der Waals surface area contributed by atoms with Crippen LogP contribution in [-0.4, -0.2) is 57.5 Å². The van der Waals surface area contributed by atoms with Gasteiger partial charge in [0.2, 0.25) is 0 Å². The molecule has 4 rings (SSSR count). The van der Waals surface area contributed by atoms with Crippen LogP contribution in [0.2, 0.25) is 5.02 Å². The van der Waals surface area contributed by atoms with Gasteiger partial charge in [-0.2, -0.15) is 0 Å². The summed E-state index contributed by atoms with van der Waals surface area (Å²) in [7, 11) is 1.69. The molecule has 8 nitrogen and oxygen atoms in total. The Morgan fingerprint density at radius 2 is 2.06 bits per heavy atom. The molecule has 32 heavy (non-hydrogen) atoms. The summed E-state index contributed by atoms with van der Waals surface area (Å²) in [6, 6.07) is 10.1. The molecule has 1 saturated heterocycles. The second-order valence-electron chi connectivity index (χ2n) is 8.40. The van der Waals surface area contributed by atoms with E-state index in [4.69, 9.17) is 11.6 Å². The van der Waals surface area contributed by atoms with E-state index in [1.165, 1.54) is 0 Å². The van der Waals surface area contributed by atoms with Gasteiger partial charge in [0.05, 0.1) is 6.04 Å². The van der Waals surface area contributed by atoms with Gasteiger partial charge >= 0.3 is 6.03 Å². The van der Waals surface area contributed by atoms with Crippen molar-refractivity contribution in [3.05, 3.63) is 63.7 Å². The van der Waals surface area contributed by atoms with Crippen LogP contribution in [0.5, 0.6) is 0 Å². The van der Waals surface area contributed by atoms with Crippen molar-refractivity contribution in [2.24, 2.45) is 0 Å². The Balaban J connectivity index is 1.47. The maximum absolute atomic E-state index is 13.0. The molecule has 2 aromatic rings. The number of amides is 3. The second kappa shape index (κ2) is 9.07. The van der Waals surface area contributed by atoms with E-state index in [2.05, 4.69) is 10.6 Å². The molecule has 2 aliphatic rings. The number of fused-ring (bicyclic) bond motifs is 1. The number of nitrogens with one attached hydrogen (secondary N) is 2. The number of anilines is 1. The largest absolute Gasteiger partial charge is 0.379 e. The predicted molar refractivity (Wildman–Crippen MR) is 121 cm³/mol. The highest BCUT2D eigenvalue weighted by Crippen LogP contribution is 2.31. The summed E-state index contributed by atoms with van der Waals surface area (Å²) < 4.78 is 0. The second-order valence-corrected chi connectivity index (χ2v) is 8.81. The van der Waals surface area contributed by atoms with Crippen molar-refractivity contribution < 1.29 is 19.8 Å². The van der Waals surface area contributed by atoms with Gasteiger partial charge in [0.25, 0.3) is 5.91 Å². The summed E-state index contributed by atoms with van der Waals surface area (Å²) in [6.07, 6.45) is -0.797. The molecule has 3 unspecified atom stereocenters. The molecule has 0 radical (unpaired) electrons. The summed E-state index contributed by atoms with van der Waals surface area (Å²) in [5.74, 6) is -0.148. The fourth-order valence-corrected chi connectivity index (χ4v) is 4.44. The van der Waals surface area contributed by atoms with Gasteiger partial charge in [-0.25, -0.2) is 4.79 Å². The van der Waals surface area contributed by atoms with Crippen LogP contribution in [0.4, 0.5) is 10.5 Å². The van der Waals surface area contributed by atoms with Crippen LogP contribution in [0, 0.1) is 6.92 Å². The minimum atomic E-state index is -0.991. The Labute approximate surface area is 191 Å². The van der Waals surface area contributed by atoms with Gasteiger partial charge in [-0.1, -0.05) is 29.8 Å². The molecule has 2 heterocycles. The van der Waals surface area contributed by atoms with Crippen molar-refractivity contribution in [3.8, 4) is 0 Å². The van der Waals surface area contributed by atoms with Gasteiger partial charge in [0, 0.05) is 36.4 Å². The first-order valence-electron chi connectivity index (χ1n) is 10.6. The third kappa shape index (κ3) is 4.45. The van der Waals surface area contributed by atoms with E-state index in [-0.39, 0.29) is 11.9 Å². The molecule has 3 atom stereocenters. The van der Waals surface area contributed by atoms with Gasteiger partial charge in [0.15, 0.2) is 0 Å². The zero-order valence-electron chi connectivity index (χ0n) is 18.0. The van der Waals surface area contributed by atoms with E-state index >= 15 is 0 Å². The predicted octanol–water partition coefficient (Wildman–Crippen LogP) is 2.66. The number of benzene rings is 2. The Morgan fingerprint density at radius 3 is 2.78 bits per heavy atom. The summed E-state index contributed by atoms with van der Waals surface area (Å²) in [6.45, 7) is 2.57. The molecule has 0 aromatic heterocycles. The van der Waals surface area contributed by atoms with Gasteiger partial charge < -0.3 is 25.3 Å². The van der Waals surface area contributed by atoms with Crippen molar-refractivity contribution in [3.63, 3.8) is 0 Å². The van der Waals surface area contributed by atoms with E-state index in [0.29, 0.717) is 42.2 Å². The zero-order valence-corrected chi connectivity index (χ0v) is 18.8. The molecule has 2 aromatic carbocycles. The fraction of sp³-hybridized carbons (Fsp3) is 0.391. The number of carbonyl (C=O) groups is 2. The summed E-state index contributed by atoms with van der Waals surface area (Å²) in [5.41, 5.74) is 3.85. The molecule has 3 amide bonds. The van der Waals surface area contributed by atoms with E-state index in [1.54, 1.807) is 41.1 Å². The van der Waals surface area contributed by atoms with Crippen molar-refractivity contribution in [2.75, 3.05) is 12.4 Å². The maximum atomic E-state index is 13.0. The number of rotatable bonds is 4. The maximum Gasteiger partial charge on any atom is 0.321 e. The number of urea groups is 1. The minimum Gasteiger partial charge on any atom is -0.379 e. The number of halogens is 1. The van der Waals surface area contributed by atoms with Gasteiger partial charge in [-0.05, 0) is 54.7 Å². The third-order valence-corrected chi connectivity index (χ3v) is 6.54. The molecule has 9 heteroatoms. The number of hydrogen-bond donors (Lipinski definition) is 4. The summed E-state index contributed by atoms with van der Waals surface area (Å²) in [5, 5.41) is 26.1. The molecule has 170 valence electrons. The molecule has 0 aliphatic carbocycles. The summed E-state index contributed by atoms with van der Waals surface area (Å²) >= 11 is 6.14. The molecular weight excluding hydrogens is 432 g/mol. The van der Waals surface area contributed by atoms with Crippen molar-refractivity contribution in [1.82, 2.24) is 15.1 Å². The number of hydrogen-bond acceptors (Lipinski definition) is 5. The number of nitrogens with zero attached hydrogens (tertiary/aromatic N) is 2. The third-order valence-electron chi connectivity index (χ3n) is 6.13. The van der Waals surface area contributed by atoms with Crippen molar-refractivity contribution >= 4 is 29.2 Å². The zero-order chi connectivity index (χ0) is 23.0. The van der Waals surface area contributed by atoms with Crippen LogP contribution < -0.4 is 10.6 Å². The van der Waals surface area contributed by atoms with Crippen LogP contribution in [0.1, 0.15) is 39.9 Å². The number of carbonyl (C=O) groups excluding carboxylic acids is 2. The van der Waals surface area contributed by atoms with Crippen LogP contribution in [0.3, 0.4) is 0 Å². The van der Waals surface area contributed by atoms with Gasteiger partial charge in [0.1, 0.15) is 12.5 Å². The monoisotopic (exact) mass is 458 g/mol. The highest BCUT2D eigenvalue weighted by Gasteiger charge is 2.39. The Kier molecular flexibility index (Phi) is 6.39. The van der Waals surface area contributed by atoms with Crippen molar-refractivity contribution in [1.29, 1.82) is 0 Å². The van der Waals surface area contributed by atoms with Crippen LogP contribution in [0.25, 0.3) is 0 Å². The Bertz CT molecular complexity index is 1050. The standard InChI is InChI=1S/C23H27ClN4O4/c1-13-6-7-15(10-18(13)24)25-23(32)27(2)11-14-4-3-5-16-17(14)12-28(22(16)31)19-8-9-20(29)26-21(19)30/h3-7,10,19-21,26,29-30H,8-9,11-12H2,1-2H3,(H,25,32). The highest BCUT2D eigenvalue weighted by molar-refractivity contribution is 6.31. The lowest BCUT2D eigenvalue weighted by Crippen LogP contribution is -2.56. The first-order valence-corrected chi connectivity index (χ1v) is 10.9. The molecule has 0 saturated carbocycles. The van der Waals surface area contributed by atoms with E-state index in [9.17, 15) is 19.8 Å². The normalized spacial score (nSPS) is 22.6. The smallest absolute Gasteiger partial charge is 0.321 e.